The molecule has 3 heteroatoms. The van der Waals surface area contributed by atoms with Crippen LogP contribution in [-0.2, 0) is 0 Å². The molecule has 1 N–H and O–H groups in total. The summed E-state index contributed by atoms with van der Waals surface area (Å²) in [5, 5.41) is 8.99. The monoisotopic (exact) mass is 283 g/mol. The lowest BCUT2D eigenvalue weighted by Gasteiger charge is -2.34. The van der Waals surface area contributed by atoms with Gasteiger partial charge in [-0.25, -0.2) is 0 Å². The highest BCUT2D eigenvalue weighted by atomic mass is 79.9. The van der Waals surface area contributed by atoms with Crippen molar-refractivity contribution in [3.63, 3.8) is 0 Å². The molecule has 0 bridgehead atoms. The van der Waals surface area contributed by atoms with Crippen molar-refractivity contribution in [3.8, 4) is 0 Å². The number of hydrogen-bond acceptors (Lipinski definition) is 2. The topological polar surface area (TPSA) is 23.5 Å². The van der Waals surface area contributed by atoms with Crippen molar-refractivity contribution in [3.05, 3.63) is 28.7 Å². The van der Waals surface area contributed by atoms with Crippen molar-refractivity contribution >= 4 is 21.6 Å². The van der Waals surface area contributed by atoms with Gasteiger partial charge in [-0.05, 0) is 43.4 Å². The Hall–Kier alpha value is -0.540. The molecule has 0 amide bonds. The third kappa shape index (κ3) is 2.98. The van der Waals surface area contributed by atoms with E-state index >= 15 is 0 Å². The van der Waals surface area contributed by atoms with Gasteiger partial charge in [0.05, 0.1) is 0 Å². The van der Waals surface area contributed by atoms with Crippen molar-refractivity contribution in [1.82, 2.24) is 0 Å². The van der Waals surface area contributed by atoms with Crippen LogP contribution in [0.25, 0.3) is 0 Å². The molecule has 0 radical (unpaired) electrons. The van der Waals surface area contributed by atoms with E-state index in [1.807, 2.05) is 0 Å². The van der Waals surface area contributed by atoms with Crippen molar-refractivity contribution in [2.75, 3.05) is 24.6 Å². The molecule has 0 aromatic heterocycles. The van der Waals surface area contributed by atoms with Crippen LogP contribution in [0.3, 0.4) is 0 Å². The Bertz CT molecular complexity index is 340. The van der Waals surface area contributed by atoms with E-state index in [1.165, 1.54) is 18.5 Å². The first kappa shape index (κ1) is 11.9. The van der Waals surface area contributed by atoms with Gasteiger partial charge in [-0.1, -0.05) is 22.0 Å². The number of hydrogen-bond donors (Lipinski definition) is 1. The minimum atomic E-state index is 0.316. The highest BCUT2D eigenvalue weighted by Crippen LogP contribution is 2.26. The summed E-state index contributed by atoms with van der Waals surface area (Å²) in [6.45, 7) is 2.53. The number of benzene rings is 1. The lowest BCUT2D eigenvalue weighted by atomic mass is 9.95. The van der Waals surface area contributed by atoms with Crippen LogP contribution in [0.1, 0.15) is 19.3 Å². The Morgan fingerprint density at radius 2 is 2.31 bits per heavy atom. The molecular weight excluding hydrogens is 266 g/mol. The van der Waals surface area contributed by atoms with Crippen LogP contribution in [0.4, 0.5) is 5.69 Å². The number of nitrogens with zero attached hydrogens (tertiary/aromatic N) is 1. The van der Waals surface area contributed by atoms with Gasteiger partial charge in [0.15, 0.2) is 0 Å². The lowest BCUT2D eigenvalue weighted by molar-refractivity contribution is 0.244. The molecule has 1 aliphatic rings. The van der Waals surface area contributed by atoms with E-state index in [2.05, 4.69) is 45.1 Å². The van der Waals surface area contributed by atoms with Crippen LogP contribution in [0.5, 0.6) is 0 Å². The third-order valence-electron chi connectivity index (χ3n) is 3.23. The lowest BCUT2D eigenvalue weighted by Crippen LogP contribution is -2.35. The van der Waals surface area contributed by atoms with Gasteiger partial charge in [0.25, 0.3) is 0 Å². The molecule has 1 aliphatic heterocycles. The predicted octanol–water partition coefficient (Wildman–Crippen LogP) is 3.05. The average Bonchev–Trinajstić information content (AvgIpc) is 2.30. The zero-order chi connectivity index (χ0) is 11.4. The van der Waals surface area contributed by atoms with E-state index in [4.69, 9.17) is 5.11 Å². The van der Waals surface area contributed by atoms with Gasteiger partial charge in [0.2, 0.25) is 0 Å². The van der Waals surface area contributed by atoms with E-state index in [1.54, 1.807) is 0 Å². The fourth-order valence-corrected chi connectivity index (χ4v) is 2.78. The minimum absolute atomic E-state index is 0.316. The van der Waals surface area contributed by atoms with Gasteiger partial charge in [0.1, 0.15) is 0 Å². The molecule has 1 unspecified atom stereocenters. The van der Waals surface area contributed by atoms with Crippen LogP contribution >= 0.6 is 15.9 Å². The number of anilines is 1. The second kappa shape index (κ2) is 5.69. The Morgan fingerprint density at radius 1 is 1.44 bits per heavy atom. The normalized spacial score (nSPS) is 21.1. The fraction of sp³-hybridized carbons (Fsp3) is 0.538. The molecule has 1 fully saturated rings. The first-order valence-corrected chi connectivity index (χ1v) is 6.70. The second-order valence-corrected chi connectivity index (χ2v) is 5.36. The molecule has 1 atom stereocenters. The summed E-state index contributed by atoms with van der Waals surface area (Å²) in [6.07, 6.45) is 3.42. The SMILES string of the molecule is OCCC1CCCN(c2cccc(Br)c2)C1. The number of piperidine rings is 1. The molecule has 0 aliphatic carbocycles. The van der Waals surface area contributed by atoms with E-state index in [0.29, 0.717) is 12.5 Å². The highest BCUT2D eigenvalue weighted by Gasteiger charge is 2.19. The first-order valence-electron chi connectivity index (χ1n) is 5.91. The van der Waals surface area contributed by atoms with Gasteiger partial charge in [-0.3, -0.25) is 0 Å². The van der Waals surface area contributed by atoms with Gasteiger partial charge in [0, 0.05) is 29.9 Å². The number of aliphatic hydroxyl groups is 1. The number of aliphatic hydroxyl groups excluding tert-OH is 1. The van der Waals surface area contributed by atoms with Gasteiger partial charge in [-0.15, -0.1) is 0 Å². The maximum absolute atomic E-state index is 8.99. The summed E-state index contributed by atoms with van der Waals surface area (Å²) in [5.74, 6) is 0.651. The van der Waals surface area contributed by atoms with Gasteiger partial charge < -0.3 is 10.0 Å². The average molecular weight is 284 g/mol. The van der Waals surface area contributed by atoms with Gasteiger partial charge >= 0.3 is 0 Å². The Balaban J connectivity index is 2.03. The summed E-state index contributed by atoms with van der Waals surface area (Å²) in [4.78, 5) is 2.43. The van der Waals surface area contributed by atoms with Crippen LogP contribution in [0.15, 0.2) is 28.7 Å². The Kier molecular flexibility index (Phi) is 4.24. The van der Waals surface area contributed by atoms with Crippen LogP contribution < -0.4 is 4.90 Å². The number of rotatable bonds is 3. The molecule has 1 heterocycles. The largest absolute Gasteiger partial charge is 0.396 e. The summed E-state index contributed by atoms with van der Waals surface area (Å²) >= 11 is 3.51. The maximum Gasteiger partial charge on any atom is 0.0434 e. The molecule has 1 aromatic rings. The predicted molar refractivity (Wildman–Crippen MR) is 70.8 cm³/mol. The summed E-state index contributed by atoms with van der Waals surface area (Å²) < 4.78 is 1.13. The van der Waals surface area contributed by atoms with Crippen LogP contribution in [0, 0.1) is 5.92 Å². The molecule has 16 heavy (non-hydrogen) atoms. The highest BCUT2D eigenvalue weighted by molar-refractivity contribution is 9.10. The van der Waals surface area contributed by atoms with E-state index in [9.17, 15) is 0 Å². The van der Waals surface area contributed by atoms with Crippen molar-refractivity contribution in [2.24, 2.45) is 5.92 Å². The summed E-state index contributed by atoms with van der Waals surface area (Å²) in [7, 11) is 0. The molecular formula is C13H18BrNO. The van der Waals surface area contributed by atoms with Crippen LogP contribution in [-0.4, -0.2) is 24.8 Å². The summed E-state index contributed by atoms with van der Waals surface area (Å²) in [6, 6.07) is 8.46. The maximum atomic E-state index is 8.99. The van der Waals surface area contributed by atoms with Crippen molar-refractivity contribution < 1.29 is 5.11 Å². The second-order valence-electron chi connectivity index (χ2n) is 4.45. The zero-order valence-corrected chi connectivity index (χ0v) is 11.0. The van der Waals surface area contributed by atoms with Crippen LogP contribution in [0.2, 0.25) is 0 Å². The smallest absolute Gasteiger partial charge is 0.0434 e. The zero-order valence-electron chi connectivity index (χ0n) is 9.40. The Morgan fingerprint density at radius 3 is 3.06 bits per heavy atom. The van der Waals surface area contributed by atoms with Gasteiger partial charge in [-0.2, -0.15) is 0 Å². The molecule has 1 saturated heterocycles. The first-order chi connectivity index (χ1) is 7.79. The molecule has 2 nitrogen and oxygen atoms in total. The molecule has 0 saturated carbocycles. The fourth-order valence-electron chi connectivity index (χ4n) is 2.39. The number of halogens is 1. The molecule has 0 spiro atoms. The molecule has 88 valence electrons. The standard InChI is InChI=1S/C13H18BrNO/c14-12-4-1-5-13(9-12)15-7-2-3-11(10-15)6-8-16/h1,4-5,9,11,16H,2-3,6-8,10H2. The molecule has 1 aromatic carbocycles. The van der Waals surface area contributed by atoms with E-state index in [0.717, 1.165) is 24.0 Å². The minimum Gasteiger partial charge on any atom is -0.396 e. The van der Waals surface area contributed by atoms with Crippen molar-refractivity contribution in [1.29, 1.82) is 0 Å². The van der Waals surface area contributed by atoms with E-state index in [-0.39, 0.29) is 0 Å². The Labute approximate surface area is 105 Å². The quantitative estimate of drug-likeness (QED) is 0.922. The summed E-state index contributed by atoms with van der Waals surface area (Å²) in [5.41, 5.74) is 1.29. The third-order valence-corrected chi connectivity index (χ3v) is 3.72. The molecule has 2 rings (SSSR count). The van der Waals surface area contributed by atoms with E-state index < -0.39 is 0 Å². The van der Waals surface area contributed by atoms with Crippen molar-refractivity contribution in [2.45, 2.75) is 19.3 Å².